The Balaban J connectivity index is 2.56. The summed E-state index contributed by atoms with van der Waals surface area (Å²) in [6, 6.07) is 5.27. The molecule has 0 amide bonds. The van der Waals surface area contributed by atoms with Crippen molar-refractivity contribution < 1.29 is 17.9 Å². The molecule has 0 bridgehead atoms. The van der Waals surface area contributed by atoms with Crippen molar-refractivity contribution in [1.29, 1.82) is 0 Å². The lowest BCUT2D eigenvalue weighted by molar-refractivity contribution is -0.0329. The van der Waals surface area contributed by atoms with Crippen molar-refractivity contribution in [1.82, 2.24) is 5.32 Å². The van der Waals surface area contributed by atoms with E-state index in [9.17, 15) is 13.2 Å². The molecule has 1 rings (SSSR count). The number of para-hydroxylation sites is 1. The van der Waals surface area contributed by atoms with Gasteiger partial charge in [0.2, 0.25) is 0 Å². The van der Waals surface area contributed by atoms with Crippen LogP contribution in [0.4, 0.5) is 13.2 Å². The van der Waals surface area contributed by atoms with Gasteiger partial charge >= 0.3 is 5.51 Å². The second-order valence-corrected chi connectivity index (χ2v) is 5.22. The van der Waals surface area contributed by atoms with Gasteiger partial charge in [0.25, 0.3) is 0 Å². The first kappa shape index (κ1) is 16.5. The maximum absolute atomic E-state index is 12.0. The monoisotopic (exact) mass is 313 g/mol. The molecule has 1 aromatic carbocycles. The topological polar surface area (TPSA) is 21.3 Å². The van der Waals surface area contributed by atoms with Crippen LogP contribution >= 0.6 is 23.4 Å². The summed E-state index contributed by atoms with van der Waals surface area (Å²) < 4.78 is 41.3. The van der Waals surface area contributed by atoms with Crippen LogP contribution in [0.3, 0.4) is 0 Å². The third kappa shape index (κ3) is 6.40. The van der Waals surface area contributed by atoms with E-state index in [0.29, 0.717) is 17.3 Å². The Hall–Kier alpha value is -0.590. The van der Waals surface area contributed by atoms with Gasteiger partial charge in [-0.15, -0.1) is 0 Å². The Morgan fingerprint density at radius 2 is 2.11 bits per heavy atom. The normalized spacial score (nSPS) is 11.6. The maximum atomic E-state index is 12.0. The lowest BCUT2D eigenvalue weighted by Gasteiger charge is -2.13. The van der Waals surface area contributed by atoms with E-state index >= 15 is 0 Å². The first-order valence-electron chi connectivity index (χ1n) is 5.75. The summed E-state index contributed by atoms with van der Waals surface area (Å²) in [6.07, 6.45) is 0. The van der Waals surface area contributed by atoms with Gasteiger partial charge in [0.05, 0.1) is 11.6 Å². The summed E-state index contributed by atoms with van der Waals surface area (Å²) in [7, 11) is 0. The summed E-state index contributed by atoms with van der Waals surface area (Å²) in [5, 5.41) is 3.53. The Morgan fingerprint density at radius 3 is 2.74 bits per heavy atom. The summed E-state index contributed by atoms with van der Waals surface area (Å²) in [4.78, 5) is 0. The van der Waals surface area contributed by atoms with Gasteiger partial charge in [-0.2, -0.15) is 13.2 Å². The molecule has 1 N–H and O–H groups in total. The van der Waals surface area contributed by atoms with Gasteiger partial charge in [0.15, 0.2) is 0 Å². The van der Waals surface area contributed by atoms with Crippen LogP contribution in [0.25, 0.3) is 0 Å². The fraction of sp³-hybridized carbons (Fsp3) is 0.500. The van der Waals surface area contributed by atoms with Crippen molar-refractivity contribution in [3.63, 3.8) is 0 Å². The Labute approximate surface area is 119 Å². The van der Waals surface area contributed by atoms with Gasteiger partial charge in [0, 0.05) is 17.9 Å². The third-order valence-corrected chi connectivity index (χ3v) is 3.21. The summed E-state index contributed by atoms with van der Waals surface area (Å²) in [6.45, 7) is 3.28. The molecule has 0 aliphatic rings. The predicted molar refractivity (Wildman–Crippen MR) is 72.8 cm³/mol. The number of halogens is 4. The minimum absolute atomic E-state index is 0.0347. The molecule has 0 aliphatic heterocycles. The van der Waals surface area contributed by atoms with E-state index in [1.54, 1.807) is 12.1 Å². The van der Waals surface area contributed by atoms with Gasteiger partial charge in [-0.05, 0) is 24.4 Å². The number of benzene rings is 1. The maximum Gasteiger partial charge on any atom is 0.441 e. The van der Waals surface area contributed by atoms with Crippen LogP contribution in [0.2, 0.25) is 5.02 Å². The van der Waals surface area contributed by atoms with Crippen molar-refractivity contribution in [3.05, 3.63) is 28.8 Å². The minimum atomic E-state index is -4.23. The second-order valence-electron chi connectivity index (χ2n) is 3.65. The molecule has 0 atom stereocenters. The number of rotatable bonds is 7. The van der Waals surface area contributed by atoms with E-state index in [-0.39, 0.29) is 24.1 Å². The van der Waals surface area contributed by atoms with Crippen molar-refractivity contribution in [3.8, 4) is 5.75 Å². The fourth-order valence-electron chi connectivity index (χ4n) is 1.42. The zero-order valence-electron chi connectivity index (χ0n) is 10.4. The highest BCUT2D eigenvalue weighted by Crippen LogP contribution is 2.31. The molecule has 0 aromatic heterocycles. The molecule has 0 saturated heterocycles. The molecule has 19 heavy (non-hydrogen) atoms. The van der Waals surface area contributed by atoms with E-state index in [1.807, 2.05) is 13.0 Å². The zero-order valence-corrected chi connectivity index (χ0v) is 12.0. The predicted octanol–water partition coefficient (Wildman–Crippen LogP) is 4.08. The molecular weight excluding hydrogens is 299 g/mol. The lowest BCUT2D eigenvalue weighted by Crippen LogP contribution is -2.14. The highest BCUT2D eigenvalue weighted by Gasteiger charge is 2.27. The van der Waals surface area contributed by atoms with E-state index < -0.39 is 5.51 Å². The third-order valence-electron chi connectivity index (χ3n) is 2.21. The zero-order chi connectivity index (χ0) is 14.3. The standard InChI is InChI=1S/C12H15ClF3NOS/c1-2-17-8-9-4-3-5-10(13)11(9)18-6-7-19-12(14,15)16/h3-5,17H,2,6-8H2,1H3. The van der Waals surface area contributed by atoms with Crippen molar-refractivity contribution >= 4 is 23.4 Å². The van der Waals surface area contributed by atoms with Crippen LogP contribution in [0.15, 0.2) is 18.2 Å². The van der Waals surface area contributed by atoms with Crippen molar-refractivity contribution in [2.24, 2.45) is 0 Å². The molecule has 108 valence electrons. The molecular formula is C12H15ClF3NOS. The van der Waals surface area contributed by atoms with Crippen LogP contribution in [0.5, 0.6) is 5.75 Å². The Kier molecular flexibility index (Phi) is 6.82. The minimum Gasteiger partial charge on any atom is -0.491 e. The first-order valence-corrected chi connectivity index (χ1v) is 7.12. The fourth-order valence-corrected chi connectivity index (χ4v) is 2.06. The van der Waals surface area contributed by atoms with Crippen molar-refractivity contribution in [2.75, 3.05) is 18.9 Å². The highest BCUT2D eigenvalue weighted by atomic mass is 35.5. The summed E-state index contributed by atoms with van der Waals surface area (Å²) >= 11 is 5.89. The average Bonchev–Trinajstić information content (AvgIpc) is 2.32. The average molecular weight is 314 g/mol. The number of nitrogens with one attached hydrogen (secondary N) is 1. The number of alkyl halides is 3. The van der Waals surface area contributed by atoms with E-state index in [2.05, 4.69) is 5.32 Å². The second kappa shape index (κ2) is 7.87. The Morgan fingerprint density at radius 1 is 1.37 bits per heavy atom. The number of thioether (sulfide) groups is 1. The number of ether oxygens (including phenoxy) is 1. The molecule has 0 fully saturated rings. The Bertz CT molecular complexity index is 401. The van der Waals surface area contributed by atoms with Crippen LogP contribution in [-0.4, -0.2) is 24.4 Å². The molecule has 0 unspecified atom stereocenters. The van der Waals surface area contributed by atoms with E-state index in [1.165, 1.54) is 0 Å². The van der Waals surface area contributed by atoms with Gasteiger partial charge < -0.3 is 10.1 Å². The van der Waals surface area contributed by atoms with E-state index in [4.69, 9.17) is 16.3 Å². The van der Waals surface area contributed by atoms with E-state index in [0.717, 1.165) is 12.1 Å². The molecule has 7 heteroatoms. The molecule has 0 saturated carbocycles. The van der Waals surface area contributed by atoms with Gasteiger partial charge in [0.1, 0.15) is 5.75 Å². The largest absolute Gasteiger partial charge is 0.491 e. The summed E-state index contributed by atoms with van der Waals surface area (Å²) in [5.41, 5.74) is -3.39. The van der Waals surface area contributed by atoms with Crippen LogP contribution < -0.4 is 10.1 Å². The quantitative estimate of drug-likeness (QED) is 0.766. The van der Waals surface area contributed by atoms with Crippen LogP contribution in [-0.2, 0) is 6.54 Å². The highest BCUT2D eigenvalue weighted by molar-refractivity contribution is 8.00. The van der Waals surface area contributed by atoms with Crippen molar-refractivity contribution in [2.45, 2.75) is 19.0 Å². The van der Waals surface area contributed by atoms with Crippen LogP contribution in [0, 0.1) is 0 Å². The van der Waals surface area contributed by atoms with Gasteiger partial charge in [-0.1, -0.05) is 30.7 Å². The molecule has 2 nitrogen and oxygen atoms in total. The number of hydrogen-bond acceptors (Lipinski definition) is 3. The lowest BCUT2D eigenvalue weighted by atomic mass is 10.2. The summed E-state index contributed by atoms with van der Waals surface area (Å²) in [5.74, 6) is 0.294. The van der Waals surface area contributed by atoms with Crippen LogP contribution in [0.1, 0.15) is 12.5 Å². The number of hydrogen-bond donors (Lipinski definition) is 1. The molecule has 0 radical (unpaired) electrons. The molecule has 0 heterocycles. The molecule has 1 aromatic rings. The SMILES string of the molecule is CCNCc1cccc(Cl)c1OCCSC(F)(F)F. The van der Waals surface area contributed by atoms with Gasteiger partial charge in [-0.25, -0.2) is 0 Å². The molecule has 0 spiro atoms. The first-order chi connectivity index (χ1) is 8.94. The smallest absolute Gasteiger partial charge is 0.441 e. The van der Waals surface area contributed by atoms with Gasteiger partial charge in [-0.3, -0.25) is 0 Å². The molecule has 0 aliphatic carbocycles.